The molecule has 1 aromatic rings. The fraction of sp³-hybridized carbons (Fsp3) is 0.632. The van der Waals surface area contributed by atoms with E-state index in [0.717, 1.165) is 31.2 Å². The van der Waals surface area contributed by atoms with Crippen LogP contribution in [-0.2, 0) is 14.6 Å². The lowest BCUT2D eigenvalue weighted by Crippen LogP contribution is -2.49. The number of carbonyl (C=O) groups is 1. The third kappa shape index (κ3) is 4.59. The third-order valence-corrected chi connectivity index (χ3v) is 7.08. The average Bonchev–Trinajstić information content (AvgIpc) is 2.53. The number of benzene rings is 1. The van der Waals surface area contributed by atoms with Gasteiger partial charge in [0.1, 0.15) is 0 Å². The lowest BCUT2D eigenvalue weighted by atomic mass is 9.65. The van der Waals surface area contributed by atoms with Crippen LogP contribution in [0.5, 0.6) is 0 Å². The summed E-state index contributed by atoms with van der Waals surface area (Å²) in [5.41, 5.74) is 7.22. The van der Waals surface area contributed by atoms with Crippen LogP contribution in [0.25, 0.3) is 0 Å². The highest BCUT2D eigenvalue weighted by molar-refractivity contribution is 7.90. The molecule has 5 nitrogen and oxygen atoms in total. The summed E-state index contributed by atoms with van der Waals surface area (Å²) in [6, 6.07) is 6.85. The van der Waals surface area contributed by atoms with Crippen molar-refractivity contribution in [2.24, 2.45) is 23.5 Å². The van der Waals surface area contributed by atoms with Crippen LogP contribution in [0.1, 0.15) is 50.6 Å². The number of halogens is 1. The molecule has 0 aromatic heterocycles. The van der Waals surface area contributed by atoms with Gasteiger partial charge in [-0.05, 0) is 62.1 Å². The van der Waals surface area contributed by atoms with Crippen LogP contribution in [0.3, 0.4) is 0 Å². The lowest BCUT2D eigenvalue weighted by Gasteiger charge is -2.43. The summed E-state index contributed by atoms with van der Waals surface area (Å²) in [5, 5.41) is 3.10. The Morgan fingerprint density at radius 3 is 2.19 bits per heavy atom. The lowest BCUT2D eigenvalue weighted by molar-refractivity contribution is -0.128. The van der Waals surface area contributed by atoms with Gasteiger partial charge in [-0.2, -0.15) is 0 Å². The molecular weight excluding hydrogens is 372 g/mol. The molecule has 3 N–H and O–H groups in total. The second kappa shape index (κ2) is 8.28. The summed E-state index contributed by atoms with van der Waals surface area (Å²) in [4.78, 5) is 13.0. The average molecular weight is 401 g/mol. The summed E-state index contributed by atoms with van der Waals surface area (Å²) < 4.78 is 23.1. The fourth-order valence-electron chi connectivity index (χ4n) is 4.42. The van der Waals surface area contributed by atoms with E-state index in [1.807, 2.05) is 6.92 Å². The highest BCUT2D eigenvalue weighted by Gasteiger charge is 2.40. The molecule has 146 valence electrons. The molecule has 3 atom stereocenters. The van der Waals surface area contributed by atoms with Gasteiger partial charge in [0.25, 0.3) is 0 Å². The van der Waals surface area contributed by atoms with Gasteiger partial charge in [-0.15, -0.1) is 12.4 Å². The highest BCUT2D eigenvalue weighted by atomic mass is 35.5. The summed E-state index contributed by atoms with van der Waals surface area (Å²) in [6.45, 7) is 1.93. The van der Waals surface area contributed by atoms with E-state index >= 15 is 0 Å². The normalized spacial score (nSPS) is 29.3. The minimum absolute atomic E-state index is 0. The standard InChI is InChI=1S/C19H28N2O3S.ClH/c1-12(13-6-8-17(9-7-13)25(2,23)24)21-19(22)16-10-14-4-3-5-15(11-16)18(14)20;/h6-9,12,14-16,18H,3-5,10-11,20H2,1-2H3,(H,21,22);1H. The van der Waals surface area contributed by atoms with Gasteiger partial charge < -0.3 is 11.1 Å². The zero-order valence-electron chi connectivity index (χ0n) is 15.4. The second-order valence-electron chi connectivity index (χ2n) is 7.77. The summed E-state index contributed by atoms with van der Waals surface area (Å²) in [7, 11) is -3.20. The van der Waals surface area contributed by atoms with Crippen LogP contribution in [0.4, 0.5) is 0 Å². The van der Waals surface area contributed by atoms with Gasteiger partial charge in [0.2, 0.25) is 5.91 Å². The van der Waals surface area contributed by atoms with E-state index in [2.05, 4.69) is 5.32 Å². The molecule has 0 aliphatic heterocycles. The monoisotopic (exact) mass is 400 g/mol. The Labute approximate surface area is 162 Å². The minimum Gasteiger partial charge on any atom is -0.349 e. The predicted octanol–water partition coefficient (Wildman–Crippen LogP) is 2.84. The molecule has 7 heteroatoms. The first kappa shape index (κ1) is 21.2. The molecular formula is C19H29ClN2O3S. The SMILES string of the molecule is CC(NC(=O)C1CC2CCCC(C1)C2N)c1ccc(S(C)(=O)=O)cc1.Cl. The van der Waals surface area contributed by atoms with E-state index in [-0.39, 0.29) is 36.3 Å². The third-order valence-electron chi connectivity index (χ3n) is 5.95. The molecule has 2 bridgehead atoms. The number of hydrogen-bond donors (Lipinski definition) is 2. The number of nitrogens with one attached hydrogen (secondary N) is 1. The van der Waals surface area contributed by atoms with Gasteiger partial charge >= 0.3 is 0 Å². The van der Waals surface area contributed by atoms with E-state index in [0.29, 0.717) is 16.7 Å². The van der Waals surface area contributed by atoms with Gasteiger partial charge in [0.05, 0.1) is 10.9 Å². The van der Waals surface area contributed by atoms with Crippen molar-refractivity contribution in [3.05, 3.63) is 29.8 Å². The Hall–Kier alpha value is -1.11. The second-order valence-corrected chi connectivity index (χ2v) is 9.78. The molecule has 1 aromatic carbocycles. The molecule has 3 unspecified atom stereocenters. The Morgan fingerprint density at radius 1 is 1.15 bits per heavy atom. The van der Waals surface area contributed by atoms with Crippen molar-refractivity contribution in [2.75, 3.05) is 6.26 Å². The molecule has 0 spiro atoms. The Balaban J connectivity index is 0.00000243. The van der Waals surface area contributed by atoms with Crippen molar-refractivity contribution in [3.63, 3.8) is 0 Å². The van der Waals surface area contributed by atoms with Gasteiger partial charge in [-0.1, -0.05) is 18.6 Å². The van der Waals surface area contributed by atoms with Crippen molar-refractivity contribution in [1.82, 2.24) is 5.32 Å². The van der Waals surface area contributed by atoms with Crippen LogP contribution in [0.2, 0.25) is 0 Å². The first-order chi connectivity index (χ1) is 11.8. The Morgan fingerprint density at radius 2 is 1.69 bits per heavy atom. The smallest absolute Gasteiger partial charge is 0.223 e. The van der Waals surface area contributed by atoms with Crippen molar-refractivity contribution in [3.8, 4) is 0 Å². The molecule has 2 aliphatic rings. The molecule has 0 heterocycles. The quantitative estimate of drug-likeness (QED) is 0.813. The van der Waals surface area contributed by atoms with Crippen LogP contribution >= 0.6 is 12.4 Å². The number of rotatable bonds is 4. The molecule has 0 radical (unpaired) electrons. The molecule has 3 rings (SSSR count). The zero-order valence-corrected chi connectivity index (χ0v) is 17.0. The molecule has 1 amide bonds. The van der Waals surface area contributed by atoms with Crippen molar-refractivity contribution >= 4 is 28.2 Å². The predicted molar refractivity (Wildman–Crippen MR) is 105 cm³/mol. The number of sulfone groups is 1. The number of hydrogen-bond acceptors (Lipinski definition) is 4. The van der Waals surface area contributed by atoms with Crippen LogP contribution < -0.4 is 11.1 Å². The summed E-state index contributed by atoms with van der Waals surface area (Å²) >= 11 is 0. The first-order valence-electron chi connectivity index (χ1n) is 9.11. The number of carbonyl (C=O) groups excluding carboxylic acids is 1. The number of fused-ring (bicyclic) bond motifs is 2. The van der Waals surface area contributed by atoms with Gasteiger partial charge in [0, 0.05) is 18.2 Å². The highest BCUT2D eigenvalue weighted by Crippen LogP contribution is 2.42. The molecule has 2 fully saturated rings. The maximum Gasteiger partial charge on any atom is 0.223 e. The van der Waals surface area contributed by atoms with Crippen molar-refractivity contribution in [2.45, 2.75) is 56.0 Å². The van der Waals surface area contributed by atoms with Crippen LogP contribution in [-0.4, -0.2) is 26.6 Å². The van der Waals surface area contributed by atoms with E-state index in [4.69, 9.17) is 5.73 Å². The van der Waals surface area contributed by atoms with Crippen molar-refractivity contribution in [1.29, 1.82) is 0 Å². The zero-order chi connectivity index (χ0) is 18.2. The Kier molecular flexibility index (Phi) is 6.75. The van der Waals surface area contributed by atoms with E-state index in [1.54, 1.807) is 24.3 Å². The largest absolute Gasteiger partial charge is 0.349 e. The summed E-state index contributed by atoms with van der Waals surface area (Å²) in [5.74, 6) is 1.11. The topological polar surface area (TPSA) is 89.3 Å². The van der Waals surface area contributed by atoms with E-state index in [9.17, 15) is 13.2 Å². The maximum absolute atomic E-state index is 12.7. The molecule has 0 saturated heterocycles. The maximum atomic E-state index is 12.7. The molecule has 26 heavy (non-hydrogen) atoms. The fourth-order valence-corrected chi connectivity index (χ4v) is 5.05. The van der Waals surface area contributed by atoms with Gasteiger partial charge in [0.15, 0.2) is 9.84 Å². The summed E-state index contributed by atoms with van der Waals surface area (Å²) in [6.07, 6.45) is 6.50. The van der Waals surface area contributed by atoms with Crippen molar-refractivity contribution < 1.29 is 13.2 Å². The van der Waals surface area contributed by atoms with E-state index in [1.165, 1.54) is 12.7 Å². The molecule has 2 saturated carbocycles. The number of nitrogens with two attached hydrogens (primary N) is 1. The van der Waals surface area contributed by atoms with Crippen LogP contribution in [0.15, 0.2) is 29.2 Å². The van der Waals surface area contributed by atoms with Gasteiger partial charge in [-0.25, -0.2) is 8.42 Å². The number of amides is 1. The molecule has 2 aliphatic carbocycles. The minimum atomic E-state index is -3.20. The van der Waals surface area contributed by atoms with Gasteiger partial charge in [-0.3, -0.25) is 4.79 Å². The first-order valence-corrected chi connectivity index (χ1v) is 11.0. The van der Waals surface area contributed by atoms with E-state index < -0.39 is 9.84 Å². The Bertz CT molecular complexity index is 722. The van der Waals surface area contributed by atoms with Crippen LogP contribution in [0, 0.1) is 17.8 Å².